The molecular weight excluding hydrogens is 332 g/mol. The Hall–Kier alpha value is -2.17. The molecular formula is C23H30N4. The second-order valence-electron chi connectivity index (χ2n) is 7.98. The molecule has 4 heteroatoms. The van der Waals surface area contributed by atoms with Crippen LogP contribution in [-0.2, 0) is 12.0 Å². The molecule has 0 unspecified atom stereocenters. The monoisotopic (exact) mass is 362 g/mol. The number of rotatable bonds is 6. The predicted molar refractivity (Wildman–Crippen MR) is 112 cm³/mol. The second-order valence-corrected chi connectivity index (χ2v) is 7.98. The van der Waals surface area contributed by atoms with Gasteiger partial charge in [-0.2, -0.15) is 0 Å². The van der Waals surface area contributed by atoms with Crippen molar-refractivity contribution in [1.29, 1.82) is 0 Å². The third-order valence-electron chi connectivity index (χ3n) is 6.31. The maximum absolute atomic E-state index is 4.68. The van der Waals surface area contributed by atoms with Crippen molar-refractivity contribution >= 4 is 10.9 Å². The number of hydrogen-bond acceptors (Lipinski definition) is 3. The van der Waals surface area contributed by atoms with Gasteiger partial charge in [-0.1, -0.05) is 24.3 Å². The summed E-state index contributed by atoms with van der Waals surface area (Å²) in [6.07, 6.45) is 9.85. The summed E-state index contributed by atoms with van der Waals surface area (Å²) in [6, 6.07) is 15.5. The summed E-state index contributed by atoms with van der Waals surface area (Å²) >= 11 is 0. The van der Waals surface area contributed by atoms with Crippen molar-refractivity contribution in [2.75, 3.05) is 20.6 Å². The molecule has 2 aromatic heterocycles. The van der Waals surface area contributed by atoms with Gasteiger partial charge >= 0.3 is 0 Å². The average molecular weight is 363 g/mol. The first-order valence-electron chi connectivity index (χ1n) is 10.1. The van der Waals surface area contributed by atoms with Crippen molar-refractivity contribution in [3.63, 3.8) is 0 Å². The largest absolute Gasteiger partial charge is 0.361 e. The van der Waals surface area contributed by atoms with E-state index in [0.29, 0.717) is 6.04 Å². The Morgan fingerprint density at radius 1 is 1.11 bits per heavy atom. The molecule has 1 fully saturated rings. The Kier molecular flexibility index (Phi) is 5.28. The molecule has 4 rings (SSSR count). The maximum atomic E-state index is 4.68. The van der Waals surface area contributed by atoms with Crippen molar-refractivity contribution < 1.29 is 0 Å². The number of aromatic nitrogens is 2. The highest BCUT2D eigenvalue weighted by Crippen LogP contribution is 2.40. The lowest BCUT2D eigenvalue weighted by Crippen LogP contribution is -2.48. The lowest BCUT2D eigenvalue weighted by atomic mass is 9.76. The smallest absolute Gasteiger partial charge is 0.0629 e. The predicted octanol–water partition coefficient (Wildman–Crippen LogP) is 4.09. The van der Waals surface area contributed by atoms with Gasteiger partial charge in [-0.05, 0) is 76.5 Å². The summed E-state index contributed by atoms with van der Waals surface area (Å²) in [5, 5.41) is 5.15. The van der Waals surface area contributed by atoms with E-state index in [0.717, 1.165) is 25.8 Å². The van der Waals surface area contributed by atoms with Crippen molar-refractivity contribution in [1.82, 2.24) is 20.2 Å². The number of nitrogens with zero attached hydrogens (tertiary/aromatic N) is 2. The Bertz CT molecular complexity index is 860. The Morgan fingerprint density at radius 3 is 2.63 bits per heavy atom. The van der Waals surface area contributed by atoms with Crippen LogP contribution in [0.4, 0.5) is 0 Å². The van der Waals surface area contributed by atoms with Gasteiger partial charge in [0.15, 0.2) is 0 Å². The highest BCUT2D eigenvalue weighted by Gasteiger charge is 2.39. The third-order valence-corrected chi connectivity index (χ3v) is 6.31. The van der Waals surface area contributed by atoms with Gasteiger partial charge in [-0.15, -0.1) is 0 Å². The molecule has 4 nitrogen and oxygen atoms in total. The molecule has 1 saturated carbocycles. The minimum Gasteiger partial charge on any atom is -0.361 e. The fourth-order valence-corrected chi connectivity index (χ4v) is 4.62. The third kappa shape index (κ3) is 3.64. The van der Waals surface area contributed by atoms with Gasteiger partial charge in [0.2, 0.25) is 0 Å². The van der Waals surface area contributed by atoms with Crippen molar-refractivity contribution in [2.24, 2.45) is 0 Å². The fraction of sp³-hybridized carbons (Fsp3) is 0.435. The van der Waals surface area contributed by atoms with Crippen LogP contribution in [0.5, 0.6) is 0 Å². The van der Waals surface area contributed by atoms with Crippen LogP contribution < -0.4 is 5.32 Å². The summed E-state index contributed by atoms with van der Waals surface area (Å²) in [5.74, 6) is 0. The zero-order valence-electron chi connectivity index (χ0n) is 16.4. The number of aromatic amines is 1. The van der Waals surface area contributed by atoms with E-state index >= 15 is 0 Å². The van der Waals surface area contributed by atoms with Gasteiger partial charge in [-0.25, -0.2) is 0 Å². The minimum absolute atomic E-state index is 0.0796. The Balaban J connectivity index is 1.34. The minimum atomic E-state index is 0.0796. The molecule has 0 radical (unpaired) electrons. The van der Waals surface area contributed by atoms with Crippen LogP contribution >= 0.6 is 0 Å². The van der Waals surface area contributed by atoms with Crippen LogP contribution in [0, 0.1) is 0 Å². The molecule has 0 bridgehead atoms. The zero-order chi connectivity index (χ0) is 18.7. The van der Waals surface area contributed by atoms with Gasteiger partial charge < -0.3 is 10.3 Å². The number of para-hydroxylation sites is 1. The van der Waals surface area contributed by atoms with Crippen molar-refractivity contribution in [3.8, 4) is 0 Å². The first-order chi connectivity index (χ1) is 13.2. The van der Waals surface area contributed by atoms with Crippen LogP contribution in [0.1, 0.15) is 36.9 Å². The number of nitrogens with one attached hydrogen (secondary N) is 2. The molecule has 0 aliphatic heterocycles. The highest BCUT2D eigenvalue weighted by molar-refractivity contribution is 5.83. The van der Waals surface area contributed by atoms with E-state index in [1.807, 2.05) is 12.3 Å². The second kappa shape index (κ2) is 7.83. The topological polar surface area (TPSA) is 44.0 Å². The van der Waals surface area contributed by atoms with Crippen LogP contribution in [0.15, 0.2) is 54.9 Å². The number of H-pyrrole nitrogens is 1. The quantitative estimate of drug-likeness (QED) is 0.694. The number of hydrogen-bond donors (Lipinski definition) is 2. The molecule has 1 aliphatic rings. The zero-order valence-corrected chi connectivity index (χ0v) is 16.4. The lowest BCUT2D eigenvalue weighted by Gasteiger charge is -2.44. The molecule has 27 heavy (non-hydrogen) atoms. The van der Waals surface area contributed by atoms with Gasteiger partial charge in [0.1, 0.15) is 0 Å². The summed E-state index contributed by atoms with van der Waals surface area (Å²) < 4.78 is 0. The van der Waals surface area contributed by atoms with E-state index in [9.17, 15) is 0 Å². The molecule has 0 saturated heterocycles. The normalized spacial score (nSPS) is 23.1. The molecule has 2 heterocycles. The van der Waals surface area contributed by atoms with Gasteiger partial charge in [0.05, 0.1) is 11.2 Å². The number of pyridine rings is 1. The van der Waals surface area contributed by atoms with E-state index in [1.54, 1.807) is 0 Å². The first-order valence-corrected chi connectivity index (χ1v) is 10.1. The summed E-state index contributed by atoms with van der Waals surface area (Å²) in [6.45, 7) is 1.03. The van der Waals surface area contributed by atoms with Gasteiger partial charge in [0, 0.05) is 29.3 Å². The molecule has 0 amide bonds. The summed E-state index contributed by atoms with van der Waals surface area (Å²) in [4.78, 5) is 10.4. The first kappa shape index (κ1) is 18.2. The van der Waals surface area contributed by atoms with Gasteiger partial charge in [0.25, 0.3) is 0 Å². The molecule has 1 aliphatic carbocycles. The van der Waals surface area contributed by atoms with Crippen molar-refractivity contribution in [3.05, 3.63) is 66.1 Å². The molecule has 0 spiro atoms. The number of fused-ring (bicyclic) bond motifs is 1. The van der Waals surface area contributed by atoms with E-state index in [4.69, 9.17) is 0 Å². The maximum Gasteiger partial charge on any atom is 0.0629 e. The Morgan fingerprint density at radius 2 is 1.89 bits per heavy atom. The SMILES string of the molecule is CN(C)C1(c2ccccn2)CCC(NCCc2c[nH]c3ccccc23)CC1. The van der Waals surface area contributed by atoms with Crippen LogP contribution in [-0.4, -0.2) is 41.5 Å². The van der Waals surface area contributed by atoms with E-state index in [2.05, 4.69) is 76.9 Å². The number of benzene rings is 1. The summed E-state index contributed by atoms with van der Waals surface area (Å²) in [5.41, 5.74) is 3.93. The van der Waals surface area contributed by atoms with Gasteiger partial charge in [-0.3, -0.25) is 9.88 Å². The van der Waals surface area contributed by atoms with Crippen molar-refractivity contribution in [2.45, 2.75) is 43.7 Å². The van der Waals surface area contributed by atoms with Crippen LogP contribution in [0.2, 0.25) is 0 Å². The highest BCUT2D eigenvalue weighted by atomic mass is 15.2. The van der Waals surface area contributed by atoms with E-state index in [1.165, 1.54) is 35.0 Å². The van der Waals surface area contributed by atoms with E-state index < -0.39 is 0 Å². The standard InChI is InChI=1S/C23H30N4/c1-27(2)23(22-9-5-6-15-25-22)13-10-19(11-14-23)24-16-12-18-17-26-21-8-4-3-7-20(18)21/h3-9,15,17,19,24,26H,10-14,16H2,1-2H3. The molecule has 2 N–H and O–H groups in total. The molecule has 0 atom stereocenters. The van der Waals surface area contributed by atoms with Crippen LogP contribution in [0.3, 0.4) is 0 Å². The lowest BCUT2D eigenvalue weighted by molar-refractivity contribution is 0.0815. The average Bonchev–Trinajstić information content (AvgIpc) is 3.12. The Labute approximate surface area is 162 Å². The fourth-order valence-electron chi connectivity index (χ4n) is 4.62. The molecule has 3 aromatic rings. The summed E-state index contributed by atoms with van der Waals surface area (Å²) in [7, 11) is 4.39. The van der Waals surface area contributed by atoms with E-state index in [-0.39, 0.29) is 5.54 Å². The van der Waals surface area contributed by atoms with Crippen LogP contribution in [0.25, 0.3) is 10.9 Å². The molecule has 142 valence electrons. The molecule has 1 aromatic carbocycles.